The van der Waals surface area contributed by atoms with E-state index in [4.69, 9.17) is 0 Å². The Morgan fingerprint density at radius 1 is 1.07 bits per heavy atom. The predicted octanol–water partition coefficient (Wildman–Crippen LogP) is 2.62. The number of carboxylic acid groups (broad SMARTS) is 1. The molecule has 0 bridgehead atoms. The van der Waals surface area contributed by atoms with Gasteiger partial charge in [-0.1, -0.05) is 6.07 Å². The van der Waals surface area contributed by atoms with E-state index in [0.717, 1.165) is 31.2 Å². The molecule has 4 rings (SSSR count). The number of likely N-dealkylation sites (tertiary alicyclic amines) is 2. The number of hydrogen-bond acceptors (Lipinski definition) is 3. The predicted molar refractivity (Wildman–Crippen MR) is 104 cm³/mol. The van der Waals surface area contributed by atoms with E-state index in [2.05, 4.69) is 0 Å². The van der Waals surface area contributed by atoms with E-state index in [9.17, 15) is 19.5 Å². The number of carbonyl (C=O) groups is 3. The first-order valence-corrected chi connectivity index (χ1v) is 10.2. The van der Waals surface area contributed by atoms with Crippen LogP contribution in [0.15, 0.2) is 18.2 Å². The van der Waals surface area contributed by atoms with Gasteiger partial charge in [-0.3, -0.25) is 9.59 Å². The van der Waals surface area contributed by atoms with Crippen molar-refractivity contribution in [2.45, 2.75) is 52.0 Å². The summed E-state index contributed by atoms with van der Waals surface area (Å²) in [7, 11) is 0. The highest BCUT2D eigenvalue weighted by Crippen LogP contribution is 2.45. The molecule has 0 aromatic heterocycles. The highest BCUT2D eigenvalue weighted by Gasteiger charge is 2.52. The minimum absolute atomic E-state index is 0.0120. The number of nitrogens with zero attached hydrogens (tertiary/aromatic N) is 2. The first-order chi connectivity index (χ1) is 13.3. The molecule has 1 unspecified atom stereocenters. The molecule has 150 valence electrons. The van der Waals surface area contributed by atoms with Crippen LogP contribution in [0.3, 0.4) is 0 Å². The summed E-state index contributed by atoms with van der Waals surface area (Å²) in [5, 5.41) is 9.63. The van der Waals surface area contributed by atoms with Crippen LogP contribution in [0.5, 0.6) is 0 Å². The first kappa shape index (κ1) is 19.0. The van der Waals surface area contributed by atoms with Gasteiger partial charge in [-0.2, -0.15) is 0 Å². The van der Waals surface area contributed by atoms with Gasteiger partial charge in [0.2, 0.25) is 5.91 Å². The molecule has 6 heteroatoms. The minimum Gasteiger partial charge on any atom is -0.480 e. The number of rotatable bonds is 3. The average molecular weight is 384 g/mol. The summed E-state index contributed by atoms with van der Waals surface area (Å²) in [6.07, 6.45) is 3.77. The smallest absolute Gasteiger partial charge is 0.326 e. The second-order valence-electron chi connectivity index (χ2n) is 8.89. The van der Waals surface area contributed by atoms with Gasteiger partial charge in [-0.05, 0) is 74.6 Å². The van der Waals surface area contributed by atoms with Crippen molar-refractivity contribution in [2.24, 2.45) is 11.3 Å². The molecule has 1 N–H and O–H groups in total. The van der Waals surface area contributed by atoms with Crippen molar-refractivity contribution in [1.82, 2.24) is 9.80 Å². The van der Waals surface area contributed by atoms with E-state index < -0.39 is 12.0 Å². The summed E-state index contributed by atoms with van der Waals surface area (Å²) >= 11 is 0. The van der Waals surface area contributed by atoms with Crippen molar-refractivity contribution in [1.29, 1.82) is 0 Å². The maximum Gasteiger partial charge on any atom is 0.326 e. The summed E-state index contributed by atoms with van der Waals surface area (Å²) in [6.45, 7) is 5.79. The van der Waals surface area contributed by atoms with Crippen molar-refractivity contribution < 1.29 is 19.5 Å². The van der Waals surface area contributed by atoms with Gasteiger partial charge in [0.05, 0.1) is 0 Å². The van der Waals surface area contributed by atoms with Gasteiger partial charge in [0.25, 0.3) is 5.91 Å². The van der Waals surface area contributed by atoms with E-state index in [1.165, 1.54) is 5.56 Å². The molecule has 2 saturated heterocycles. The van der Waals surface area contributed by atoms with Crippen LogP contribution in [0.1, 0.15) is 53.6 Å². The number of carboxylic acids is 1. The normalized spacial score (nSPS) is 23.9. The molecule has 2 aliphatic heterocycles. The molecular weight excluding hydrogens is 356 g/mol. The van der Waals surface area contributed by atoms with E-state index in [1.807, 2.05) is 36.9 Å². The molecule has 1 saturated carbocycles. The Morgan fingerprint density at radius 2 is 1.75 bits per heavy atom. The van der Waals surface area contributed by atoms with Crippen LogP contribution >= 0.6 is 0 Å². The highest BCUT2D eigenvalue weighted by molar-refractivity contribution is 5.94. The summed E-state index contributed by atoms with van der Waals surface area (Å²) in [6, 6.07) is 5.08. The molecule has 1 aromatic rings. The molecule has 3 fully saturated rings. The van der Waals surface area contributed by atoms with Crippen molar-refractivity contribution in [3.05, 3.63) is 34.9 Å². The van der Waals surface area contributed by atoms with E-state index >= 15 is 0 Å². The van der Waals surface area contributed by atoms with E-state index in [0.29, 0.717) is 31.6 Å². The third kappa shape index (κ3) is 3.40. The number of carbonyl (C=O) groups excluding carboxylic acids is 2. The second kappa shape index (κ2) is 6.90. The van der Waals surface area contributed by atoms with Crippen LogP contribution in [0.2, 0.25) is 0 Å². The molecule has 3 aliphatic rings. The highest BCUT2D eigenvalue weighted by atomic mass is 16.4. The standard InChI is InChI=1S/C22H28N2O4/c1-14-3-4-17(11-15(14)2)19(25)23-9-7-22(8-10-23)12-18(21(27)28)24(13-22)20(26)16-5-6-16/h3-4,11,16,18H,5-10,12-13H2,1-2H3,(H,27,28). The van der Waals surface area contributed by atoms with Crippen LogP contribution in [-0.2, 0) is 9.59 Å². The van der Waals surface area contributed by atoms with Crippen molar-refractivity contribution in [3.63, 3.8) is 0 Å². The Kier molecular flexibility index (Phi) is 4.68. The largest absolute Gasteiger partial charge is 0.480 e. The molecular formula is C22H28N2O4. The van der Waals surface area contributed by atoms with Crippen molar-refractivity contribution >= 4 is 17.8 Å². The SMILES string of the molecule is Cc1ccc(C(=O)N2CCC3(CC2)CC(C(=O)O)N(C(=O)C2CC2)C3)cc1C. The Bertz CT molecular complexity index is 822. The second-order valence-corrected chi connectivity index (χ2v) is 8.89. The third-order valence-electron chi connectivity index (χ3n) is 6.87. The Balaban J connectivity index is 1.44. The quantitative estimate of drug-likeness (QED) is 0.869. The van der Waals surface area contributed by atoms with Gasteiger partial charge in [0.1, 0.15) is 6.04 Å². The van der Waals surface area contributed by atoms with Gasteiger partial charge < -0.3 is 14.9 Å². The monoisotopic (exact) mass is 384 g/mol. The van der Waals surface area contributed by atoms with Gasteiger partial charge in [0, 0.05) is 31.1 Å². The Hall–Kier alpha value is -2.37. The lowest BCUT2D eigenvalue weighted by Gasteiger charge is -2.39. The average Bonchev–Trinajstić information content (AvgIpc) is 3.46. The van der Waals surface area contributed by atoms with Crippen LogP contribution < -0.4 is 0 Å². The van der Waals surface area contributed by atoms with E-state index in [1.54, 1.807) is 4.90 Å². The van der Waals surface area contributed by atoms with Crippen molar-refractivity contribution in [3.8, 4) is 0 Å². The van der Waals surface area contributed by atoms with Gasteiger partial charge in [-0.15, -0.1) is 0 Å². The Morgan fingerprint density at radius 3 is 2.32 bits per heavy atom. The lowest BCUT2D eigenvalue weighted by molar-refractivity contribution is -0.148. The maximum absolute atomic E-state index is 12.9. The topological polar surface area (TPSA) is 77.9 Å². The van der Waals surface area contributed by atoms with Crippen molar-refractivity contribution in [2.75, 3.05) is 19.6 Å². The summed E-state index contributed by atoms with van der Waals surface area (Å²) in [4.78, 5) is 40.7. The zero-order valence-corrected chi connectivity index (χ0v) is 16.6. The fraction of sp³-hybridized carbons (Fsp3) is 0.591. The molecule has 1 spiro atoms. The molecule has 1 aromatic carbocycles. The van der Waals surface area contributed by atoms with Crippen LogP contribution in [0, 0.1) is 25.2 Å². The number of aliphatic carboxylic acids is 1. The fourth-order valence-electron chi connectivity index (χ4n) is 4.68. The maximum atomic E-state index is 12.9. The Labute approximate surface area is 165 Å². The van der Waals surface area contributed by atoms with E-state index in [-0.39, 0.29) is 23.1 Å². The molecule has 1 aliphatic carbocycles. The van der Waals surface area contributed by atoms with Gasteiger partial charge in [0.15, 0.2) is 0 Å². The molecule has 2 heterocycles. The summed E-state index contributed by atoms with van der Waals surface area (Å²) in [5.41, 5.74) is 2.81. The number of hydrogen-bond donors (Lipinski definition) is 1. The molecule has 2 amide bonds. The molecule has 1 atom stereocenters. The van der Waals surface area contributed by atoms with Gasteiger partial charge >= 0.3 is 5.97 Å². The lowest BCUT2D eigenvalue weighted by atomic mass is 9.76. The zero-order chi connectivity index (χ0) is 20.1. The molecule has 6 nitrogen and oxygen atoms in total. The van der Waals surface area contributed by atoms with Crippen LogP contribution in [0.25, 0.3) is 0 Å². The summed E-state index contributed by atoms with van der Waals surface area (Å²) in [5.74, 6) is -0.822. The number of benzene rings is 1. The van der Waals surface area contributed by atoms with Gasteiger partial charge in [-0.25, -0.2) is 4.79 Å². The number of amides is 2. The lowest BCUT2D eigenvalue weighted by Crippen LogP contribution is -2.45. The number of aryl methyl sites for hydroxylation is 2. The first-order valence-electron chi connectivity index (χ1n) is 10.2. The number of piperidine rings is 1. The fourth-order valence-corrected chi connectivity index (χ4v) is 4.68. The molecule has 28 heavy (non-hydrogen) atoms. The van der Waals surface area contributed by atoms with Crippen LogP contribution in [0.4, 0.5) is 0 Å². The zero-order valence-electron chi connectivity index (χ0n) is 16.6. The molecule has 0 radical (unpaired) electrons. The third-order valence-corrected chi connectivity index (χ3v) is 6.87. The summed E-state index contributed by atoms with van der Waals surface area (Å²) < 4.78 is 0. The minimum atomic E-state index is -0.903. The van der Waals surface area contributed by atoms with Crippen LogP contribution in [-0.4, -0.2) is 58.4 Å².